The maximum atomic E-state index is 11.9. The molecule has 5 nitrogen and oxygen atoms in total. The summed E-state index contributed by atoms with van der Waals surface area (Å²) in [5, 5.41) is 9.29. The van der Waals surface area contributed by atoms with Crippen LogP contribution in [-0.2, 0) is 6.54 Å². The molecule has 2 N–H and O–H groups in total. The Morgan fingerprint density at radius 1 is 1.47 bits per heavy atom. The lowest BCUT2D eigenvalue weighted by atomic mass is 10.2. The molecule has 0 spiro atoms. The van der Waals surface area contributed by atoms with E-state index < -0.39 is 0 Å². The Morgan fingerprint density at radius 2 is 2.29 bits per heavy atom. The Morgan fingerprint density at radius 3 is 3.00 bits per heavy atom. The van der Waals surface area contributed by atoms with Crippen molar-refractivity contribution in [3.63, 3.8) is 0 Å². The predicted molar refractivity (Wildman–Crippen MR) is 62.8 cm³/mol. The van der Waals surface area contributed by atoms with Gasteiger partial charge in [0, 0.05) is 18.3 Å². The van der Waals surface area contributed by atoms with Gasteiger partial charge in [-0.1, -0.05) is 12.1 Å². The third-order valence-electron chi connectivity index (χ3n) is 2.36. The average Bonchev–Trinajstić information content (AvgIpc) is 2.89. The van der Waals surface area contributed by atoms with Crippen LogP contribution in [0.3, 0.4) is 0 Å². The van der Waals surface area contributed by atoms with E-state index in [4.69, 9.17) is 4.74 Å². The predicted octanol–water partition coefficient (Wildman–Crippen LogP) is 1.35. The largest absolute Gasteiger partial charge is 0.496 e. The number of hydrogen-bond acceptors (Lipinski definition) is 3. The van der Waals surface area contributed by atoms with Gasteiger partial charge >= 0.3 is 0 Å². The highest BCUT2D eigenvalue weighted by atomic mass is 16.5. The van der Waals surface area contributed by atoms with Crippen molar-refractivity contribution in [3.8, 4) is 5.75 Å². The van der Waals surface area contributed by atoms with E-state index in [2.05, 4.69) is 15.5 Å². The number of amides is 1. The molecule has 0 unspecified atom stereocenters. The van der Waals surface area contributed by atoms with Crippen molar-refractivity contribution < 1.29 is 9.53 Å². The molecule has 0 aliphatic carbocycles. The van der Waals surface area contributed by atoms with Crippen LogP contribution in [0.1, 0.15) is 15.9 Å². The number of hydrogen-bond donors (Lipinski definition) is 2. The van der Waals surface area contributed by atoms with Gasteiger partial charge in [0.2, 0.25) is 0 Å². The Labute approximate surface area is 98.8 Å². The molecule has 0 fully saturated rings. The summed E-state index contributed by atoms with van der Waals surface area (Å²) in [7, 11) is 1.54. The standard InChI is InChI=1S/C12H13N3O2/c1-17-11-5-3-2-4-10(11)12(16)13-6-9-7-14-15-8-9/h2-5,7-8H,6H2,1H3,(H,13,16)(H,14,15). The summed E-state index contributed by atoms with van der Waals surface area (Å²) in [5.74, 6) is 0.404. The zero-order valence-electron chi connectivity index (χ0n) is 9.43. The number of carbonyl (C=O) groups is 1. The topological polar surface area (TPSA) is 67.0 Å². The van der Waals surface area contributed by atoms with Crippen LogP contribution in [0.2, 0.25) is 0 Å². The van der Waals surface area contributed by atoms with Crippen LogP contribution in [0.25, 0.3) is 0 Å². The monoisotopic (exact) mass is 231 g/mol. The van der Waals surface area contributed by atoms with E-state index in [0.29, 0.717) is 17.9 Å². The Kier molecular flexibility index (Phi) is 3.40. The second kappa shape index (κ2) is 5.16. The summed E-state index contributed by atoms with van der Waals surface area (Å²) < 4.78 is 5.12. The molecule has 0 aliphatic rings. The maximum Gasteiger partial charge on any atom is 0.255 e. The Bertz CT molecular complexity index is 494. The molecule has 0 saturated heterocycles. The lowest BCUT2D eigenvalue weighted by Crippen LogP contribution is -2.23. The smallest absolute Gasteiger partial charge is 0.255 e. The summed E-state index contributed by atoms with van der Waals surface area (Å²) in [6.07, 6.45) is 3.41. The molecule has 0 atom stereocenters. The van der Waals surface area contributed by atoms with Crippen molar-refractivity contribution >= 4 is 5.91 Å². The summed E-state index contributed by atoms with van der Waals surface area (Å²) in [6.45, 7) is 0.438. The molecule has 88 valence electrons. The van der Waals surface area contributed by atoms with Crippen molar-refractivity contribution in [1.82, 2.24) is 15.5 Å². The fourth-order valence-corrected chi connectivity index (χ4v) is 1.48. The van der Waals surface area contributed by atoms with Crippen LogP contribution < -0.4 is 10.1 Å². The molecule has 0 bridgehead atoms. The second-order valence-electron chi connectivity index (χ2n) is 3.49. The molecule has 1 aromatic carbocycles. The first-order valence-electron chi connectivity index (χ1n) is 5.20. The number of methoxy groups -OCH3 is 1. The highest BCUT2D eigenvalue weighted by molar-refractivity contribution is 5.96. The number of rotatable bonds is 4. The van der Waals surface area contributed by atoms with Crippen molar-refractivity contribution in [2.24, 2.45) is 0 Å². The van der Waals surface area contributed by atoms with E-state index in [-0.39, 0.29) is 5.91 Å². The van der Waals surface area contributed by atoms with Crippen molar-refractivity contribution in [3.05, 3.63) is 47.8 Å². The average molecular weight is 231 g/mol. The fraction of sp³-hybridized carbons (Fsp3) is 0.167. The molecule has 2 rings (SSSR count). The zero-order valence-corrected chi connectivity index (χ0v) is 9.43. The van der Waals surface area contributed by atoms with Gasteiger partial charge in [0.05, 0.1) is 18.9 Å². The quantitative estimate of drug-likeness (QED) is 0.834. The fourth-order valence-electron chi connectivity index (χ4n) is 1.48. The molecular formula is C12H13N3O2. The first-order valence-corrected chi connectivity index (χ1v) is 5.20. The molecular weight excluding hydrogens is 218 g/mol. The zero-order chi connectivity index (χ0) is 12.1. The highest BCUT2D eigenvalue weighted by Crippen LogP contribution is 2.16. The van der Waals surface area contributed by atoms with Gasteiger partial charge in [-0.05, 0) is 12.1 Å². The molecule has 0 saturated carbocycles. The van der Waals surface area contributed by atoms with Gasteiger partial charge in [0.25, 0.3) is 5.91 Å². The molecule has 17 heavy (non-hydrogen) atoms. The second-order valence-corrected chi connectivity index (χ2v) is 3.49. The van der Waals surface area contributed by atoms with E-state index in [9.17, 15) is 4.79 Å². The van der Waals surface area contributed by atoms with Crippen molar-refractivity contribution in [2.45, 2.75) is 6.54 Å². The van der Waals surface area contributed by atoms with Gasteiger partial charge in [-0.25, -0.2) is 0 Å². The normalized spacial score (nSPS) is 9.94. The van der Waals surface area contributed by atoms with Gasteiger partial charge in [-0.15, -0.1) is 0 Å². The van der Waals surface area contributed by atoms with Crippen molar-refractivity contribution in [2.75, 3.05) is 7.11 Å². The van der Waals surface area contributed by atoms with Crippen LogP contribution in [0.15, 0.2) is 36.7 Å². The van der Waals surface area contributed by atoms with Gasteiger partial charge in [-0.3, -0.25) is 9.89 Å². The first kappa shape index (κ1) is 11.2. The molecule has 5 heteroatoms. The van der Waals surface area contributed by atoms with E-state index in [1.165, 1.54) is 0 Å². The SMILES string of the molecule is COc1ccccc1C(=O)NCc1cn[nH]c1. The molecule has 1 aromatic heterocycles. The van der Waals surface area contributed by atoms with Gasteiger partial charge in [-0.2, -0.15) is 5.10 Å². The number of H-pyrrole nitrogens is 1. The number of ether oxygens (including phenoxy) is 1. The summed E-state index contributed by atoms with van der Waals surface area (Å²) in [5.41, 5.74) is 1.45. The Balaban J connectivity index is 2.04. The lowest BCUT2D eigenvalue weighted by molar-refractivity contribution is 0.0948. The molecule has 0 aliphatic heterocycles. The third kappa shape index (κ3) is 2.63. The van der Waals surface area contributed by atoms with Crippen LogP contribution in [0.5, 0.6) is 5.75 Å². The van der Waals surface area contributed by atoms with Gasteiger partial charge < -0.3 is 10.1 Å². The van der Waals surface area contributed by atoms with Gasteiger partial charge in [0.1, 0.15) is 5.75 Å². The van der Waals surface area contributed by atoms with Gasteiger partial charge in [0.15, 0.2) is 0 Å². The number of benzene rings is 1. The third-order valence-corrected chi connectivity index (χ3v) is 2.36. The number of carbonyl (C=O) groups excluding carboxylic acids is 1. The number of para-hydroxylation sites is 1. The molecule has 1 amide bonds. The Hall–Kier alpha value is -2.30. The van der Waals surface area contributed by atoms with Crippen LogP contribution in [0.4, 0.5) is 0 Å². The first-order chi connectivity index (χ1) is 8.31. The van der Waals surface area contributed by atoms with E-state index in [1.807, 2.05) is 6.07 Å². The highest BCUT2D eigenvalue weighted by Gasteiger charge is 2.10. The maximum absolute atomic E-state index is 11.9. The van der Waals surface area contributed by atoms with Crippen LogP contribution in [0, 0.1) is 0 Å². The minimum Gasteiger partial charge on any atom is -0.496 e. The van der Waals surface area contributed by atoms with E-state index >= 15 is 0 Å². The summed E-state index contributed by atoms with van der Waals surface area (Å²) >= 11 is 0. The van der Waals surface area contributed by atoms with Crippen molar-refractivity contribution in [1.29, 1.82) is 0 Å². The number of nitrogens with one attached hydrogen (secondary N) is 2. The lowest BCUT2D eigenvalue weighted by Gasteiger charge is -2.08. The summed E-state index contributed by atoms with van der Waals surface area (Å²) in [4.78, 5) is 11.9. The van der Waals surface area contributed by atoms with E-state index in [1.54, 1.807) is 37.7 Å². The minimum atomic E-state index is -0.163. The van der Waals surface area contributed by atoms with Crippen LogP contribution in [-0.4, -0.2) is 23.2 Å². The minimum absolute atomic E-state index is 0.163. The summed E-state index contributed by atoms with van der Waals surface area (Å²) in [6, 6.07) is 7.11. The van der Waals surface area contributed by atoms with E-state index in [0.717, 1.165) is 5.56 Å². The number of aromatic nitrogens is 2. The molecule has 1 heterocycles. The van der Waals surface area contributed by atoms with Crippen LogP contribution >= 0.6 is 0 Å². The number of aromatic amines is 1. The molecule has 2 aromatic rings. The number of nitrogens with zero attached hydrogens (tertiary/aromatic N) is 1. The molecule has 0 radical (unpaired) electrons.